The van der Waals surface area contributed by atoms with Gasteiger partial charge in [-0.05, 0) is 17.7 Å². The average molecular weight is 326 g/mol. The highest BCUT2D eigenvalue weighted by molar-refractivity contribution is 5.97. The summed E-state index contributed by atoms with van der Waals surface area (Å²) in [5.74, 6) is -1.37. The summed E-state index contributed by atoms with van der Waals surface area (Å²) in [6.07, 6.45) is -4.47. The monoisotopic (exact) mass is 326 g/mol. The van der Waals surface area contributed by atoms with E-state index in [1.807, 2.05) is 0 Å². The summed E-state index contributed by atoms with van der Waals surface area (Å²) in [6.45, 7) is -0.126. The Bertz CT molecular complexity index is 753. The third kappa shape index (κ3) is 3.68. The van der Waals surface area contributed by atoms with E-state index in [4.69, 9.17) is 5.73 Å². The van der Waals surface area contributed by atoms with E-state index >= 15 is 0 Å². The van der Waals surface area contributed by atoms with Gasteiger partial charge in [0.1, 0.15) is 5.69 Å². The van der Waals surface area contributed by atoms with Crippen LogP contribution in [0.25, 0.3) is 0 Å². The van der Waals surface area contributed by atoms with Gasteiger partial charge in [-0.1, -0.05) is 12.1 Å². The summed E-state index contributed by atoms with van der Waals surface area (Å²) >= 11 is 0. The molecule has 0 fully saturated rings. The van der Waals surface area contributed by atoms with Gasteiger partial charge in [-0.3, -0.25) is 14.3 Å². The first kappa shape index (κ1) is 16.5. The van der Waals surface area contributed by atoms with Gasteiger partial charge in [0.15, 0.2) is 5.69 Å². The van der Waals surface area contributed by atoms with Gasteiger partial charge in [0.25, 0.3) is 11.8 Å². The van der Waals surface area contributed by atoms with Crippen LogP contribution in [0.15, 0.2) is 30.3 Å². The number of hydrogen-bond donors (Lipinski definition) is 2. The highest BCUT2D eigenvalue weighted by Gasteiger charge is 2.30. The van der Waals surface area contributed by atoms with Crippen LogP contribution >= 0.6 is 0 Å². The molecule has 23 heavy (non-hydrogen) atoms. The van der Waals surface area contributed by atoms with Gasteiger partial charge in [0.05, 0.1) is 12.1 Å². The Morgan fingerprint density at radius 2 is 2.00 bits per heavy atom. The number of aromatic nitrogens is 2. The van der Waals surface area contributed by atoms with Crippen LogP contribution in [-0.2, 0) is 12.7 Å². The fourth-order valence-corrected chi connectivity index (χ4v) is 1.99. The summed E-state index contributed by atoms with van der Waals surface area (Å²) in [7, 11) is 1.39. The van der Waals surface area contributed by atoms with Crippen molar-refractivity contribution in [3.8, 4) is 0 Å². The molecule has 0 aliphatic rings. The first-order valence-corrected chi connectivity index (χ1v) is 6.48. The molecule has 1 aromatic carbocycles. The van der Waals surface area contributed by atoms with E-state index in [-0.39, 0.29) is 23.5 Å². The van der Waals surface area contributed by atoms with Crippen molar-refractivity contribution in [2.24, 2.45) is 5.73 Å². The summed E-state index contributed by atoms with van der Waals surface area (Å²) in [4.78, 5) is 23.0. The maximum absolute atomic E-state index is 12.7. The van der Waals surface area contributed by atoms with E-state index in [0.29, 0.717) is 0 Å². The minimum Gasteiger partial charge on any atom is -0.364 e. The lowest BCUT2D eigenvalue weighted by Crippen LogP contribution is -2.19. The van der Waals surface area contributed by atoms with E-state index < -0.39 is 23.6 Å². The molecule has 122 valence electrons. The largest absolute Gasteiger partial charge is 0.416 e. The van der Waals surface area contributed by atoms with Crippen LogP contribution in [0.4, 0.5) is 13.2 Å². The lowest BCUT2D eigenvalue weighted by atomic mass is 10.1. The Labute approximate surface area is 129 Å². The molecule has 6 nitrogen and oxygen atoms in total. The molecule has 0 aliphatic heterocycles. The van der Waals surface area contributed by atoms with E-state index in [2.05, 4.69) is 10.4 Å². The van der Waals surface area contributed by atoms with Crippen LogP contribution in [0.5, 0.6) is 0 Å². The highest BCUT2D eigenvalue weighted by atomic mass is 19.4. The topological polar surface area (TPSA) is 90.0 Å². The molecule has 1 heterocycles. The molecule has 0 aliphatic carbocycles. The quantitative estimate of drug-likeness (QED) is 0.890. The standard InChI is InChI=1S/C14H13F3N4O2/c1-19-13(23)10-6-11(12(18)22)21(20-10)7-8-3-2-4-9(5-8)14(15,16)17/h2-6H,7H2,1H3,(H2,18,22)(H,19,23). The predicted octanol–water partition coefficient (Wildman–Crippen LogP) is 1.41. The average Bonchev–Trinajstić information content (AvgIpc) is 2.90. The minimum absolute atomic E-state index is 0.0479. The third-order valence-electron chi connectivity index (χ3n) is 3.08. The van der Waals surface area contributed by atoms with Gasteiger partial charge >= 0.3 is 6.18 Å². The minimum atomic E-state index is -4.47. The number of rotatable bonds is 4. The Morgan fingerprint density at radius 3 is 2.57 bits per heavy atom. The molecule has 0 bridgehead atoms. The zero-order valence-electron chi connectivity index (χ0n) is 12.0. The fraction of sp³-hybridized carbons (Fsp3) is 0.214. The second-order valence-corrected chi connectivity index (χ2v) is 4.71. The van der Waals surface area contributed by atoms with Crippen LogP contribution in [0, 0.1) is 0 Å². The molecular formula is C14H13F3N4O2. The van der Waals surface area contributed by atoms with Crippen molar-refractivity contribution < 1.29 is 22.8 Å². The van der Waals surface area contributed by atoms with Gasteiger partial charge in [-0.15, -0.1) is 0 Å². The summed E-state index contributed by atoms with van der Waals surface area (Å²) in [5.41, 5.74) is 4.56. The molecule has 0 unspecified atom stereocenters. The number of nitrogens with two attached hydrogens (primary N) is 1. The third-order valence-corrected chi connectivity index (χ3v) is 3.08. The molecule has 0 saturated carbocycles. The van der Waals surface area contributed by atoms with Crippen LogP contribution in [-0.4, -0.2) is 28.6 Å². The van der Waals surface area contributed by atoms with Crippen LogP contribution in [0.2, 0.25) is 0 Å². The number of primary amides is 1. The van der Waals surface area contributed by atoms with Gasteiger partial charge in [0, 0.05) is 13.1 Å². The Kier molecular flexibility index (Phi) is 4.39. The first-order valence-electron chi connectivity index (χ1n) is 6.48. The van der Waals surface area contributed by atoms with E-state index in [0.717, 1.165) is 16.8 Å². The smallest absolute Gasteiger partial charge is 0.364 e. The zero-order chi connectivity index (χ0) is 17.2. The van der Waals surface area contributed by atoms with Gasteiger partial charge in [-0.2, -0.15) is 18.3 Å². The highest BCUT2D eigenvalue weighted by Crippen LogP contribution is 2.29. The number of benzene rings is 1. The number of nitrogens with zero attached hydrogens (tertiary/aromatic N) is 2. The molecule has 0 atom stereocenters. The second kappa shape index (κ2) is 6.11. The zero-order valence-corrected chi connectivity index (χ0v) is 12.0. The number of carbonyl (C=O) groups is 2. The molecule has 0 radical (unpaired) electrons. The summed E-state index contributed by atoms with van der Waals surface area (Å²) < 4.78 is 39.3. The number of hydrogen-bond acceptors (Lipinski definition) is 3. The number of amides is 2. The second-order valence-electron chi connectivity index (χ2n) is 4.71. The Morgan fingerprint density at radius 1 is 1.30 bits per heavy atom. The molecule has 1 aromatic heterocycles. The maximum Gasteiger partial charge on any atom is 0.416 e. The fourth-order valence-electron chi connectivity index (χ4n) is 1.99. The van der Waals surface area contributed by atoms with Crippen molar-refractivity contribution >= 4 is 11.8 Å². The van der Waals surface area contributed by atoms with Gasteiger partial charge in [0.2, 0.25) is 0 Å². The van der Waals surface area contributed by atoms with Crippen molar-refractivity contribution in [1.82, 2.24) is 15.1 Å². The Hall–Kier alpha value is -2.84. The molecule has 0 saturated heterocycles. The molecule has 2 rings (SSSR count). The summed E-state index contributed by atoms with van der Waals surface area (Å²) in [5, 5.41) is 6.25. The molecular weight excluding hydrogens is 313 g/mol. The van der Waals surface area contributed by atoms with Crippen molar-refractivity contribution in [2.45, 2.75) is 12.7 Å². The van der Waals surface area contributed by atoms with Gasteiger partial charge < -0.3 is 11.1 Å². The van der Waals surface area contributed by atoms with Crippen LogP contribution < -0.4 is 11.1 Å². The van der Waals surface area contributed by atoms with Crippen molar-refractivity contribution in [3.05, 3.63) is 52.8 Å². The maximum atomic E-state index is 12.7. The normalized spacial score (nSPS) is 11.3. The lowest BCUT2D eigenvalue weighted by molar-refractivity contribution is -0.137. The molecule has 2 amide bonds. The van der Waals surface area contributed by atoms with Crippen molar-refractivity contribution in [2.75, 3.05) is 7.05 Å². The van der Waals surface area contributed by atoms with Crippen molar-refractivity contribution in [3.63, 3.8) is 0 Å². The van der Waals surface area contributed by atoms with E-state index in [1.54, 1.807) is 0 Å². The number of alkyl halides is 3. The lowest BCUT2D eigenvalue weighted by Gasteiger charge is -2.09. The number of nitrogens with one attached hydrogen (secondary N) is 1. The summed E-state index contributed by atoms with van der Waals surface area (Å²) in [6, 6.07) is 5.80. The van der Waals surface area contributed by atoms with E-state index in [1.165, 1.54) is 25.2 Å². The van der Waals surface area contributed by atoms with Crippen LogP contribution in [0.3, 0.4) is 0 Å². The molecule has 9 heteroatoms. The van der Waals surface area contributed by atoms with Crippen LogP contribution in [0.1, 0.15) is 32.1 Å². The molecule has 2 aromatic rings. The van der Waals surface area contributed by atoms with Crippen molar-refractivity contribution in [1.29, 1.82) is 0 Å². The number of carbonyl (C=O) groups excluding carboxylic acids is 2. The number of halogens is 3. The van der Waals surface area contributed by atoms with E-state index in [9.17, 15) is 22.8 Å². The SMILES string of the molecule is CNC(=O)c1cc(C(N)=O)n(Cc2cccc(C(F)(F)F)c2)n1. The van der Waals surface area contributed by atoms with Gasteiger partial charge in [-0.25, -0.2) is 0 Å². The first-order chi connectivity index (χ1) is 10.7. The molecule has 0 spiro atoms. The predicted molar refractivity (Wildman–Crippen MR) is 74.7 cm³/mol. The molecule has 3 N–H and O–H groups in total. The Balaban J connectivity index is 2.38.